The normalized spacial score (nSPS) is 11.1. The maximum Gasteiger partial charge on any atom is 0.324 e. The van der Waals surface area contributed by atoms with E-state index in [0.29, 0.717) is 12.0 Å². The number of aldehydes is 1. The minimum Gasteiger partial charge on any atom is -0.424 e. The Morgan fingerprint density at radius 3 is 2.12 bits per heavy atom. The molecule has 1 aromatic carbocycles. The van der Waals surface area contributed by atoms with Gasteiger partial charge in [-0.15, -0.1) is 0 Å². The lowest BCUT2D eigenvalue weighted by atomic mass is 9.96. The van der Waals surface area contributed by atoms with Gasteiger partial charge in [0.25, 0.3) is 0 Å². The molecule has 17 heavy (non-hydrogen) atoms. The summed E-state index contributed by atoms with van der Waals surface area (Å²) >= 11 is 6.42. The van der Waals surface area contributed by atoms with E-state index in [-0.39, 0.29) is 0 Å². The number of carbonyl (C=O) groups is 2. The molecule has 0 aromatic heterocycles. The average Bonchev–Trinajstić information content (AvgIpc) is 2.22. The molecule has 0 saturated heterocycles. The van der Waals surface area contributed by atoms with Gasteiger partial charge < -0.3 is 9.53 Å². The summed E-state index contributed by atoms with van der Waals surface area (Å²) in [7, 11) is 0. The SMILES string of the molecule is CC(C)(C=O)C(=O)Oc1c(I)cc(I)cc1I. The first-order chi connectivity index (χ1) is 7.77. The number of hydrogen-bond acceptors (Lipinski definition) is 3. The Bertz CT molecular complexity index is 446. The van der Waals surface area contributed by atoms with Crippen LogP contribution in [0.3, 0.4) is 0 Å². The molecule has 0 amide bonds. The van der Waals surface area contributed by atoms with Gasteiger partial charge >= 0.3 is 5.97 Å². The van der Waals surface area contributed by atoms with Gasteiger partial charge in [0.2, 0.25) is 0 Å². The lowest BCUT2D eigenvalue weighted by Crippen LogP contribution is -2.30. The maximum atomic E-state index is 11.8. The third-order valence-electron chi connectivity index (χ3n) is 1.98. The zero-order valence-electron chi connectivity index (χ0n) is 9.09. The molecule has 0 unspecified atom stereocenters. The van der Waals surface area contributed by atoms with Crippen LogP contribution < -0.4 is 4.74 Å². The molecule has 0 spiro atoms. The predicted molar refractivity (Wildman–Crippen MR) is 90.1 cm³/mol. The Morgan fingerprint density at radius 1 is 1.24 bits per heavy atom. The fourth-order valence-electron chi connectivity index (χ4n) is 0.899. The minimum atomic E-state index is -1.12. The van der Waals surface area contributed by atoms with E-state index in [1.165, 1.54) is 13.8 Å². The third kappa shape index (κ3) is 4.01. The van der Waals surface area contributed by atoms with E-state index in [9.17, 15) is 9.59 Å². The van der Waals surface area contributed by atoms with Crippen molar-refractivity contribution < 1.29 is 14.3 Å². The van der Waals surface area contributed by atoms with Crippen LogP contribution in [0.4, 0.5) is 0 Å². The fourth-order valence-corrected chi connectivity index (χ4v) is 4.70. The summed E-state index contributed by atoms with van der Waals surface area (Å²) in [6.45, 7) is 3.07. The molecule has 0 aliphatic carbocycles. The standard InChI is InChI=1S/C11H9I3O3/c1-11(2,5-15)10(16)17-9-7(13)3-6(12)4-8(9)14/h3-5H,1-2H3. The summed E-state index contributed by atoms with van der Waals surface area (Å²) in [4.78, 5) is 22.6. The summed E-state index contributed by atoms with van der Waals surface area (Å²) < 4.78 is 8.08. The van der Waals surface area contributed by atoms with Crippen molar-refractivity contribution in [3.05, 3.63) is 22.8 Å². The number of ether oxygens (including phenoxy) is 1. The molecule has 0 fully saturated rings. The van der Waals surface area contributed by atoms with E-state index in [2.05, 4.69) is 67.8 Å². The van der Waals surface area contributed by atoms with Crippen LogP contribution >= 0.6 is 67.8 Å². The van der Waals surface area contributed by atoms with Crippen molar-refractivity contribution in [2.75, 3.05) is 0 Å². The maximum absolute atomic E-state index is 11.8. The van der Waals surface area contributed by atoms with Gasteiger partial charge in [0.15, 0.2) is 5.75 Å². The highest BCUT2D eigenvalue weighted by atomic mass is 127. The Kier molecular flexibility index (Phi) is 5.63. The van der Waals surface area contributed by atoms with Crippen LogP contribution in [0.5, 0.6) is 5.75 Å². The van der Waals surface area contributed by atoms with Gasteiger partial charge in [-0.2, -0.15) is 0 Å². The van der Waals surface area contributed by atoms with E-state index >= 15 is 0 Å². The number of halogens is 3. The van der Waals surface area contributed by atoms with Crippen LogP contribution in [-0.2, 0) is 9.59 Å². The van der Waals surface area contributed by atoms with Gasteiger partial charge in [0.1, 0.15) is 11.7 Å². The van der Waals surface area contributed by atoms with Crippen molar-refractivity contribution in [1.29, 1.82) is 0 Å². The Morgan fingerprint density at radius 2 is 1.71 bits per heavy atom. The second-order valence-electron chi connectivity index (χ2n) is 3.93. The van der Waals surface area contributed by atoms with E-state index in [1.54, 1.807) is 0 Å². The topological polar surface area (TPSA) is 43.4 Å². The Labute approximate surface area is 140 Å². The van der Waals surface area contributed by atoms with Gasteiger partial charge in [-0.05, 0) is 93.8 Å². The second-order valence-corrected chi connectivity index (χ2v) is 7.50. The summed E-state index contributed by atoms with van der Waals surface area (Å²) in [5, 5.41) is 0. The van der Waals surface area contributed by atoms with E-state index in [0.717, 1.165) is 10.7 Å². The molecule has 0 heterocycles. The number of benzene rings is 1. The third-order valence-corrected chi connectivity index (χ3v) is 4.20. The lowest BCUT2D eigenvalue weighted by Gasteiger charge is -2.16. The summed E-state index contributed by atoms with van der Waals surface area (Å²) in [6, 6.07) is 3.83. The van der Waals surface area contributed by atoms with Crippen molar-refractivity contribution in [2.45, 2.75) is 13.8 Å². The Hall–Kier alpha value is 0.550. The monoisotopic (exact) mass is 570 g/mol. The largest absolute Gasteiger partial charge is 0.424 e. The smallest absolute Gasteiger partial charge is 0.324 e. The molecule has 0 atom stereocenters. The number of rotatable bonds is 3. The van der Waals surface area contributed by atoms with Crippen molar-refractivity contribution >= 4 is 80.0 Å². The lowest BCUT2D eigenvalue weighted by molar-refractivity contribution is -0.146. The molecule has 0 saturated carbocycles. The first-order valence-electron chi connectivity index (χ1n) is 4.61. The first kappa shape index (κ1) is 15.6. The van der Waals surface area contributed by atoms with E-state index in [4.69, 9.17) is 4.74 Å². The summed E-state index contributed by atoms with van der Waals surface area (Å²) in [5.74, 6) is -0.0175. The highest BCUT2D eigenvalue weighted by Gasteiger charge is 2.30. The van der Waals surface area contributed by atoms with Crippen LogP contribution in [-0.4, -0.2) is 12.3 Å². The molecular weight excluding hydrogens is 561 g/mol. The van der Waals surface area contributed by atoms with Crippen LogP contribution in [0.1, 0.15) is 13.8 Å². The average molecular weight is 570 g/mol. The highest BCUT2D eigenvalue weighted by Crippen LogP contribution is 2.31. The van der Waals surface area contributed by atoms with Crippen molar-refractivity contribution in [3.8, 4) is 5.75 Å². The summed E-state index contributed by atoms with van der Waals surface area (Å²) in [5.41, 5.74) is -1.12. The number of esters is 1. The number of carbonyl (C=O) groups excluding carboxylic acids is 2. The molecule has 0 radical (unpaired) electrons. The van der Waals surface area contributed by atoms with E-state index < -0.39 is 11.4 Å². The Balaban J connectivity index is 3.05. The zero-order chi connectivity index (χ0) is 13.2. The molecule has 0 aliphatic heterocycles. The van der Waals surface area contributed by atoms with Crippen LogP contribution in [0.25, 0.3) is 0 Å². The minimum absolute atomic E-state index is 0.520. The van der Waals surface area contributed by atoms with Crippen LogP contribution in [0.2, 0.25) is 0 Å². The van der Waals surface area contributed by atoms with Gasteiger partial charge in [-0.25, -0.2) is 0 Å². The molecule has 1 rings (SSSR count). The van der Waals surface area contributed by atoms with Gasteiger partial charge in [-0.1, -0.05) is 0 Å². The number of hydrogen-bond donors (Lipinski definition) is 0. The van der Waals surface area contributed by atoms with Crippen LogP contribution in [0, 0.1) is 16.1 Å². The van der Waals surface area contributed by atoms with Crippen molar-refractivity contribution in [3.63, 3.8) is 0 Å². The summed E-state index contributed by atoms with van der Waals surface area (Å²) in [6.07, 6.45) is 0.599. The van der Waals surface area contributed by atoms with Gasteiger partial charge in [0, 0.05) is 3.57 Å². The highest BCUT2D eigenvalue weighted by molar-refractivity contribution is 14.1. The molecule has 92 valence electrons. The quantitative estimate of drug-likeness (QED) is 0.184. The van der Waals surface area contributed by atoms with Crippen LogP contribution in [0.15, 0.2) is 12.1 Å². The van der Waals surface area contributed by atoms with Crippen molar-refractivity contribution in [2.24, 2.45) is 5.41 Å². The van der Waals surface area contributed by atoms with Gasteiger partial charge in [0.05, 0.1) is 7.14 Å². The molecule has 6 heteroatoms. The molecule has 0 aliphatic rings. The molecule has 0 N–H and O–H groups in total. The molecule has 3 nitrogen and oxygen atoms in total. The first-order valence-corrected chi connectivity index (χ1v) is 7.84. The second kappa shape index (κ2) is 6.13. The molecule has 1 aromatic rings. The predicted octanol–water partition coefficient (Wildman–Crippen LogP) is 3.63. The van der Waals surface area contributed by atoms with Crippen molar-refractivity contribution in [1.82, 2.24) is 0 Å². The van der Waals surface area contributed by atoms with Gasteiger partial charge in [-0.3, -0.25) is 4.79 Å². The van der Waals surface area contributed by atoms with E-state index in [1.807, 2.05) is 12.1 Å². The fraction of sp³-hybridized carbons (Fsp3) is 0.273. The molecular formula is C11H9I3O3. The zero-order valence-corrected chi connectivity index (χ0v) is 15.6. The molecule has 0 bridgehead atoms.